The molecule has 0 saturated heterocycles. The highest BCUT2D eigenvalue weighted by atomic mass is 16.5. The van der Waals surface area contributed by atoms with E-state index >= 15 is 0 Å². The number of nitrogens with zero attached hydrogens (tertiary/aromatic N) is 2. The Bertz CT molecular complexity index is 958. The fourth-order valence-electron chi connectivity index (χ4n) is 2.64. The van der Waals surface area contributed by atoms with Gasteiger partial charge in [0.05, 0.1) is 25.0 Å². The summed E-state index contributed by atoms with van der Waals surface area (Å²) in [5.41, 5.74) is 2.67. The fraction of sp³-hybridized carbons (Fsp3) is 0.190. The average molecular weight is 378 g/mol. The number of para-hydroxylation sites is 1. The van der Waals surface area contributed by atoms with Crippen molar-refractivity contribution in [2.75, 3.05) is 24.4 Å². The number of nitrogens with one attached hydrogen (secondary N) is 2. The molecule has 0 amide bonds. The fourth-order valence-corrected chi connectivity index (χ4v) is 2.64. The van der Waals surface area contributed by atoms with Gasteiger partial charge in [-0.25, -0.2) is 9.78 Å². The Kier molecular flexibility index (Phi) is 6.06. The van der Waals surface area contributed by atoms with Gasteiger partial charge in [-0.05, 0) is 50.2 Å². The van der Waals surface area contributed by atoms with Crippen molar-refractivity contribution >= 4 is 29.1 Å². The maximum atomic E-state index is 12.0. The Balaban J connectivity index is 1.81. The van der Waals surface area contributed by atoms with Crippen molar-refractivity contribution in [1.29, 1.82) is 0 Å². The van der Waals surface area contributed by atoms with Crippen LogP contribution in [0, 0.1) is 6.92 Å². The quantitative estimate of drug-likeness (QED) is 0.587. The van der Waals surface area contributed by atoms with Crippen LogP contribution in [0.15, 0.2) is 54.6 Å². The number of carbonyl (C=O) groups excluding carboxylic acids is 1. The molecule has 0 fully saturated rings. The lowest BCUT2D eigenvalue weighted by molar-refractivity contribution is 0.0602. The summed E-state index contributed by atoms with van der Waals surface area (Å²) in [6.45, 7) is 4.44. The predicted octanol–water partition coefficient (Wildman–Crippen LogP) is 4.46. The molecule has 1 heterocycles. The third-order valence-corrected chi connectivity index (χ3v) is 3.87. The highest BCUT2D eigenvalue weighted by Gasteiger charge is 2.12. The molecule has 3 rings (SSSR count). The zero-order valence-corrected chi connectivity index (χ0v) is 16.0. The van der Waals surface area contributed by atoms with Gasteiger partial charge in [-0.3, -0.25) is 0 Å². The lowest BCUT2D eigenvalue weighted by Gasteiger charge is -2.12. The standard InChI is InChI=1S/C21H22N4O3/c1-4-28-16-11-9-15(10-12-16)23-21-22-14(2)13-19(25-21)24-18-8-6-5-7-17(18)20(26)27-3/h5-13H,4H2,1-3H3,(H2,22,23,24,25). The highest BCUT2D eigenvalue weighted by molar-refractivity contribution is 5.96. The van der Waals surface area contributed by atoms with Crippen LogP contribution < -0.4 is 15.4 Å². The number of ether oxygens (including phenoxy) is 2. The summed E-state index contributed by atoms with van der Waals surface area (Å²) in [7, 11) is 1.35. The van der Waals surface area contributed by atoms with Crippen molar-refractivity contribution in [2.45, 2.75) is 13.8 Å². The monoisotopic (exact) mass is 378 g/mol. The Labute approximate surface area is 163 Å². The van der Waals surface area contributed by atoms with E-state index in [4.69, 9.17) is 9.47 Å². The van der Waals surface area contributed by atoms with Crippen LogP contribution in [0.4, 0.5) is 23.1 Å². The van der Waals surface area contributed by atoms with Crippen molar-refractivity contribution in [3.8, 4) is 5.75 Å². The summed E-state index contributed by atoms with van der Waals surface area (Å²) in [4.78, 5) is 20.9. The third kappa shape index (κ3) is 4.76. The van der Waals surface area contributed by atoms with E-state index in [1.807, 2.05) is 44.2 Å². The molecule has 0 spiro atoms. The van der Waals surface area contributed by atoms with Crippen LogP contribution in [-0.2, 0) is 4.74 Å². The molecule has 0 unspecified atom stereocenters. The highest BCUT2D eigenvalue weighted by Crippen LogP contribution is 2.23. The van der Waals surface area contributed by atoms with E-state index in [2.05, 4.69) is 20.6 Å². The number of hydrogen-bond donors (Lipinski definition) is 2. The molecule has 0 radical (unpaired) electrons. The van der Waals surface area contributed by atoms with Gasteiger partial charge in [-0.1, -0.05) is 12.1 Å². The molecule has 0 atom stereocenters. The number of methoxy groups -OCH3 is 1. The van der Waals surface area contributed by atoms with E-state index in [1.165, 1.54) is 7.11 Å². The summed E-state index contributed by atoms with van der Waals surface area (Å²) in [6, 6.07) is 16.5. The number of esters is 1. The van der Waals surface area contributed by atoms with Crippen molar-refractivity contribution in [2.24, 2.45) is 0 Å². The van der Waals surface area contributed by atoms with Crippen LogP contribution in [0.3, 0.4) is 0 Å². The maximum absolute atomic E-state index is 12.0. The maximum Gasteiger partial charge on any atom is 0.339 e. The lowest BCUT2D eigenvalue weighted by atomic mass is 10.2. The number of benzene rings is 2. The molecule has 0 aliphatic heterocycles. The molecule has 1 aromatic heterocycles. The molecular formula is C21H22N4O3. The smallest absolute Gasteiger partial charge is 0.339 e. The van der Waals surface area contributed by atoms with Gasteiger partial charge in [-0.2, -0.15) is 4.98 Å². The lowest BCUT2D eigenvalue weighted by Crippen LogP contribution is -2.07. The summed E-state index contributed by atoms with van der Waals surface area (Å²) in [6.07, 6.45) is 0. The second-order valence-electron chi connectivity index (χ2n) is 5.96. The van der Waals surface area contributed by atoms with Gasteiger partial charge in [-0.15, -0.1) is 0 Å². The summed E-state index contributed by atoms with van der Waals surface area (Å²) >= 11 is 0. The molecule has 2 aromatic carbocycles. The Hall–Kier alpha value is -3.61. The number of carbonyl (C=O) groups is 1. The van der Waals surface area contributed by atoms with Gasteiger partial charge in [0.25, 0.3) is 0 Å². The molecular weight excluding hydrogens is 356 g/mol. The summed E-state index contributed by atoms with van der Waals surface area (Å²) in [5, 5.41) is 6.35. The average Bonchev–Trinajstić information content (AvgIpc) is 2.69. The van der Waals surface area contributed by atoms with Gasteiger partial charge in [0, 0.05) is 17.4 Å². The minimum atomic E-state index is -0.415. The van der Waals surface area contributed by atoms with Gasteiger partial charge < -0.3 is 20.1 Å². The van der Waals surface area contributed by atoms with Crippen LogP contribution >= 0.6 is 0 Å². The van der Waals surface area contributed by atoms with E-state index in [0.29, 0.717) is 29.6 Å². The number of aryl methyl sites for hydroxylation is 1. The van der Waals surface area contributed by atoms with E-state index in [9.17, 15) is 4.79 Å². The largest absolute Gasteiger partial charge is 0.494 e. The normalized spacial score (nSPS) is 10.2. The summed E-state index contributed by atoms with van der Waals surface area (Å²) in [5.74, 6) is 1.40. The van der Waals surface area contributed by atoms with Crippen LogP contribution in [-0.4, -0.2) is 29.7 Å². The molecule has 144 valence electrons. The first kappa shape index (κ1) is 19.2. The molecule has 0 bridgehead atoms. The number of anilines is 4. The topological polar surface area (TPSA) is 85.4 Å². The first-order valence-corrected chi connectivity index (χ1v) is 8.89. The van der Waals surface area contributed by atoms with Crippen molar-refractivity contribution in [3.05, 3.63) is 65.9 Å². The Morgan fingerprint density at radius 3 is 2.50 bits per heavy atom. The molecule has 28 heavy (non-hydrogen) atoms. The molecule has 0 aliphatic carbocycles. The van der Waals surface area contributed by atoms with E-state index in [0.717, 1.165) is 17.1 Å². The van der Waals surface area contributed by atoms with Crippen LogP contribution in [0.1, 0.15) is 23.0 Å². The Morgan fingerprint density at radius 1 is 1.04 bits per heavy atom. The minimum absolute atomic E-state index is 0.415. The zero-order valence-electron chi connectivity index (χ0n) is 16.0. The van der Waals surface area contributed by atoms with Crippen LogP contribution in [0.25, 0.3) is 0 Å². The second-order valence-corrected chi connectivity index (χ2v) is 5.96. The zero-order chi connectivity index (χ0) is 19.9. The number of aromatic nitrogens is 2. The van der Waals surface area contributed by atoms with Crippen molar-refractivity contribution in [1.82, 2.24) is 9.97 Å². The van der Waals surface area contributed by atoms with E-state index in [-0.39, 0.29) is 0 Å². The molecule has 7 heteroatoms. The van der Waals surface area contributed by atoms with Gasteiger partial charge in [0.1, 0.15) is 11.6 Å². The summed E-state index contributed by atoms with van der Waals surface area (Å²) < 4.78 is 10.3. The van der Waals surface area contributed by atoms with Crippen LogP contribution in [0.2, 0.25) is 0 Å². The van der Waals surface area contributed by atoms with Gasteiger partial charge in [0.2, 0.25) is 5.95 Å². The minimum Gasteiger partial charge on any atom is -0.494 e. The van der Waals surface area contributed by atoms with Crippen LogP contribution in [0.5, 0.6) is 5.75 Å². The molecule has 7 nitrogen and oxygen atoms in total. The van der Waals surface area contributed by atoms with E-state index < -0.39 is 5.97 Å². The first-order valence-electron chi connectivity index (χ1n) is 8.89. The van der Waals surface area contributed by atoms with E-state index in [1.54, 1.807) is 24.3 Å². The number of rotatable bonds is 7. The third-order valence-electron chi connectivity index (χ3n) is 3.87. The molecule has 3 aromatic rings. The second kappa shape index (κ2) is 8.85. The van der Waals surface area contributed by atoms with Crippen molar-refractivity contribution < 1.29 is 14.3 Å². The SMILES string of the molecule is CCOc1ccc(Nc2nc(C)cc(Nc3ccccc3C(=O)OC)n2)cc1. The van der Waals surface area contributed by atoms with Crippen molar-refractivity contribution in [3.63, 3.8) is 0 Å². The Morgan fingerprint density at radius 2 is 1.79 bits per heavy atom. The molecule has 0 aliphatic rings. The number of hydrogen-bond acceptors (Lipinski definition) is 7. The molecule has 2 N–H and O–H groups in total. The predicted molar refractivity (Wildman–Crippen MR) is 109 cm³/mol. The first-order chi connectivity index (χ1) is 13.6. The molecule has 0 saturated carbocycles. The van der Waals surface area contributed by atoms with Gasteiger partial charge >= 0.3 is 5.97 Å². The van der Waals surface area contributed by atoms with Gasteiger partial charge in [0.15, 0.2) is 0 Å².